The Balaban J connectivity index is 2.61. The average molecular weight is 197 g/mol. The Labute approximate surface area is 84.9 Å². The summed E-state index contributed by atoms with van der Waals surface area (Å²) in [5.41, 5.74) is 0.0587. The fourth-order valence-corrected chi connectivity index (χ4v) is 1.54. The van der Waals surface area contributed by atoms with Crippen LogP contribution in [-0.4, -0.2) is 28.0 Å². The molecule has 0 fully saturated rings. The van der Waals surface area contributed by atoms with E-state index in [9.17, 15) is 5.11 Å². The van der Waals surface area contributed by atoms with Crippen molar-refractivity contribution in [3.05, 3.63) is 18.0 Å². The Morgan fingerprint density at radius 1 is 1.64 bits per heavy atom. The highest BCUT2D eigenvalue weighted by molar-refractivity contribution is 5.10. The Morgan fingerprint density at radius 2 is 2.36 bits per heavy atom. The number of aliphatic hydroxyl groups is 1. The molecule has 2 N–H and O–H groups in total. The van der Waals surface area contributed by atoms with Crippen LogP contribution in [0.3, 0.4) is 0 Å². The third kappa shape index (κ3) is 2.56. The van der Waals surface area contributed by atoms with E-state index in [4.69, 9.17) is 0 Å². The van der Waals surface area contributed by atoms with Gasteiger partial charge in [0.15, 0.2) is 0 Å². The van der Waals surface area contributed by atoms with Crippen molar-refractivity contribution in [2.24, 2.45) is 7.05 Å². The molecule has 0 aliphatic rings. The maximum absolute atomic E-state index is 10.2. The van der Waals surface area contributed by atoms with Gasteiger partial charge in [-0.2, -0.15) is 5.10 Å². The molecular weight excluding hydrogens is 178 g/mol. The smallest absolute Gasteiger partial charge is 0.105 e. The van der Waals surface area contributed by atoms with Crippen LogP contribution < -0.4 is 5.32 Å². The van der Waals surface area contributed by atoms with Gasteiger partial charge in [0.25, 0.3) is 0 Å². The molecular formula is C10H19N3O. The summed E-state index contributed by atoms with van der Waals surface area (Å²) >= 11 is 0. The Bertz CT molecular complexity index is 281. The zero-order valence-corrected chi connectivity index (χ0v) is 9.12. The van der Waals surface area contributed by atoms with E-state index in [1.54, 1.807) is 10.9 Å². The van der Waals surface area contributed by atoms with E-state index < -0.39 is 5.60 Å². The molecule has 0 saturated heterocycles. The summed E-state index contributed by atoms with van der Waals surface area (Å²) in [6, 6.07) is 1.85. The molecule has 1 atom stereocenters. The monoisotopic (exact) mass is 197 g/mol. The molecule has 1 heterocycles. The molecule has 1 unspecified atom stereocenters. The van der Waals surface area contributed by atoms with E-state index >= 15 is 0 Å². The van der Waals surface area contributed by atoms with Crippen molar-refractivity contribution in [3.8, 4) is 0 Å². The van der Waals surface area contributed by atoms with Crippen LogP contribution in [0.5, 0.6) is 0 Å². The highest BCUT2D eigenvalue weighted by Crippen LogP contribution is 2.22. The minimum Gasteiger partial charge on any atom is -0.384 e. The number of rotatable bonds is 5. The molecule has 4 heteroatoms. The van der Waals surface area contributed by atoms with E-state index in [0.717, 1.165) is 18.8 Å². The molecule has 0 spiro atoms. The maximum atomic E-state index is 10.2. The first-order valence-corrected chi connectivity index (χ1v) is 4.99. The minimum absolute atomic E-state index is 0.695. The van der Waals surface area contributed by atoms with Crippen LogP contribution in [-0.2, 0) is 12.6 Å². The van der Waals surface area contributed by atoms with Crippen LogP contribution in [0, 0.1) is 0 Å². The summed E-state index contributed by atoms with van der Waals surface area (Å²) in [4.78, 5) is 0. The average Bonchev–Trinajstić information content (AvgIpc) is 2.52. The fraction of sp³-hybridized carbons (Fsp3) is 0.700. The second kappa shape index (κ2) is 4.57. The lowest BCUT2D eigenvalue weighted by molar-refractivity contribution is 0.0398. The van der Waals surface area contributed by atoms with E-state index in [-0.39, 0.29) is 0 Å². The molecule has 0 bridgehead atoms. The molecule has 0 aliphatic heterocycles. The Morgan fingerprint density at radius 3 is 2.86 bits per heavy atom. The predicted octanol–water partition coefficient (Wildman–Crippen LogP) is 0.627. The normalized spacial score (nSPS) is 15.4. The molecule has 0 amide bonds. The molecule has 0 aromatic carbocycles. The molecule has 80 valence electrons. The van der Waals surface area contributed by atoms with Crippen LogP contribution in [0.2, 0.25) is 0 Å². The second-order valence-corrected chi connectivity index (χ2v) is 3.72. The molecule has 14 heavy (non-hydrogen) atoms. The van der Waals surface area contributed by atoms with E-state index in [2.05, 4.69) is 17.3 Å². The van der Waals surface area contributed by atoms with Crippen molar-refractivity contribution in [1.29, 1.82) is 0 Å². The fourth-order valence-electron chi connectivity index (χ4n) is 1.54. The van der Waals surface area contributed by atoms with Gasteiger partial charge in [-0.15, -0.1) is 0 Å². The van der Waals surface area contributed by atoms with Crippen molar-refractivity contribution in [3.63, 3.8) is 0 Å². The van der Waals surface area contributed by atoms with Crippen LogP contribution >= 0.6 is 0 Å². The molecule has 0 saturated carbocycles. The predicted molar refractivity (Wildman–Crippen MR) is 55.9 cm³/mol. The molecule has 0 aliphatic carbocycles. The van der Waals surface area contributed by atoms with Gasteiger partial charge in [0.2, 0.25) is 0 Å². The summed E-state index contributed by atoms with van der Waals surface area (Å²) in [7, 11) is 1.84. The van der Waals surface area contributed by atoms with Gasteiger partial charge in [-0.1, -0.05) is 6.92 Å². The number of aryl methyl sites for hydroxylation is 1. The molecule has 4 nitrogen and oxygen atoms in total. The number of aromatic nitrogens is 2. The van der Waals surface area contributed by atoms with Crippen LogP contribution in [0.15, 0.2) is 12.3 Å². The van der Waals surface area contributed by atoms with Crippen LogP contribution in [0.4, 0.5) is 0 Å². The van der Waals surface area contributed by atoms with Gasteiger partial charge in [0.1, 0.15) is 5.60 Å². The van der Waals surface area contributed by atoms with Crippen molar-refractivity contribution in [1.82, 2.24) is 15.1 Å². The Hall–Kier alpha value is -0.870. The van der Waals surface area contributed by atoms with Gasteiger partial charge in [-0.05, 0) is 32.5 Å². The van der Waals surface area contributed by atoms with E-state index in [1.807, 2.05) is 20.0 Å². The number of nitrogens with zero attached hydrogens (tertiary/aromatic N) is 2. The number of hydrogen-bond donors (Lipinski definition) is 2. The van der Waals surface area contributed by atoms with Crippen LogP contribution in [0.25, 0.3) is 0 Å². The topological polar surface area (TPSA) is 50.1 Å². The van der Waals surface area contributed by atoms with Gasteiger partial charge >= 0.3 is 0 Å². The van der Waals surface area contributed by atoms with Crippen LogP contribution in [0.1, 0.15) is 26.0 Å². The summed E-state index contributed by atoms with van der Waals surface area (Å²) < 4.78 is 1.71. The van der Waals surface area contributed by atoms with Gasteiger partial charge < -0.3 is 10.4 Å². The third-order valence-corrected chi connectivity index (χ3v) is 2.41. The second-order valence-electron chi connectivity index (χ2n) is 3.72. The third-order valence-electron chi connectivity index (χ3n) is 2.41. The standard InChI is InChI=1S/C10H19N3O/c1-4-11-8-6-10(2,14)9-5-7-12-13(9)3/h5,7,11,14H,4,6,8H2,1-3H3. The van der Waals surface area contributed by atoms with Gasteiger partial charge in [-0.25, -0.2) is 0 Å². The van der Waals surface area contributed by atoms with Crippen molar-refractivity contribution in [2.45, 2.75) is 25.9 Å². The van der Waals surface area contributed by atoms with Gasteiger partial charge in [0, 0.05) is 13.2 Å². The van der Waals surface area contributed by atoms with E-state index in [0.29, 0.717) is 6.42 Å². The zero-order valence-electron chi connectivity index (χ0n) is 9.12. The lowest BCUT2D eigenvalue weighted by Gasteiger charge is -2.23. The summed E-state index contributed by atoms with van der Waals surface area (Å²) in [6.45, 7) is 5.62. The lowest BCUT2D eigenvalue weighted by atomic mass is 9.98. The van der Waals surface area contributed by atoms with Crippen molar-refractivity contribution in [2.75, 3.05) is 13.1 Å². The van der Waals surface area contributed by atoms with Crippen molar-refractivity contribution < 1.29 is 5.11 Å². The minimum atomic E-state index is -0.798. The lowest BCUT2D eigenvalue weighted by Crippen LogP contribution is -2.29. The van der Waals surface area contributed by atoms with Gasteiger partial charge in [-0.3, -0.25) is 4.68 Å². The Kier molecular flexibility index (Phi) is 3.66. The van der Waals surface area contributed by atoms with E-state index in [1.165, 1.54) is 0 Å². The SMILES string of the molecule is CCNCCC(C)(O)c1ccnn1C. The summed E-state index contributed by atoms with van der Waals surface area (Å²) in [6.07, 6.45) is 2.40. The largest absolute Gasteiger partial charge is 0.384 e. The first-order chi connectivity index (χ1) is 6.58. The van der Waals surface area contributed by atoms with Gasteiger partial charge in [0.05, 0.1) is 5.69 Å². The molecule has 0 radical (unpaired) electrons. The molecule has 1 aromatic heterocycles. The molecule has 1 rings (SSSR count). The maximum Gasteiger partial charge on any atom is 0.105 e. The highest BCUT2D eigenvalue weighted by atomic mass is 16.3. The first-order valence-electron chi connectivity index (χ1n) is 4.99. The first kappa shape index (κ1) is 11.2. The highest BCUT2D eigenvalue weighted by Gasteiger charge is 2.25. The quantitative estimate of drug-likeness (QED) is 0.681. The molecule has 1 aromatic rings. The summed E-state index contributed by atoms with van der Waals surface area (Å²) in [5.74, 6) is 0. The number of nitrogens with one attached hydrogen (secondary N) is 1. The van der Waals surface area contributed by atoms with Crippen molar-refractivity contribution >= 4 is 0 Å². The number of hydrogen-bond acceptors (Lipinski definition) is 3. The summed E-state index contributed by atoms with van der Waals surface area (Å²) in [5, 5.41) is 17.4. The zero-order chi connectivity index (χ0) is 10.6.